The van der Waals surface area contributed by atoms with Gasteiger partial charge >= 0.3 is 0 Å². The van der Waals surface area contributed by atoms with Crippen LogP contribution in [0.15, 0.2) is 49.2 Å². The largest absolute Gasteiger partial charge is 0.261 e. The summed E-state index contributed by atoms with van der Waals surface area (Å²) >= 11 is 0. The van der Waals surface area contributed by atoms with E-state index < -0.39 is 0 Å². The molecular formula is C14H13N. The van der Waals surface area contributed by atoms with Gasteiger partial charge in [-0.2, -0.15) is 0 Å². The molecule has 2 aromatic rings. The molecule has 1 heterocycles. The fourth-order valence-corrected chi connectivity index (χ4v) is 1.45. The van der Waals surface area contributed by atoms with Crippen LogP contribution in [-0.2, 0) is 0 Å². The molecule has 0 saturated heterocycles. The van der Waals surface area contributed by atoms with Gasteiger partial charge in [0.15, 0.2) is 0 Å². The zero-order valence-corrected chi connectivity index (χ0v) is 8.77. The Morgan fingerprint density at radius 1 is 1.00 bits per heavy atom. The summed E-state index contributed by atoms with van der Waals surface area (Å²) in [5, 5.41) is 0. The minimum Gasteiger partial charge on any atom is -0.261 e. The molecule has 0 aliphatic carbocycles. The molecule has 0 spiro atoms. The lowest BCUT2D eigenvalue weighted by atomic mass is 10.1. The van der Waals surface area contributed by atoms with Gasteiger partial charge in [0.25, 0.3) is 0 Å². The van der Waals surface area contributed by atoms with Gasteiger partial charge in [-0.1, -0.05) is 43.0 Å². The van der Waals surface area contributed by atoms with Gasteiger partial charge in [0, 0.05) is 17.5 Å². The summed E-state index contributed by atoms with van der Waals surface area (Å²) in [6.45, 7) is 5.72. The molecule has 0 aliphatic heterocycles. The average Bonchev–Trinajstić information content (AvgIpc) is 2.30. The van der Waals surface area contributed by atoms with Crippen LogP contribution in [0.1, 0.15) is 11.3 Å². The first kappa shape index (κ1) is 9.66. The number of aromatic nitrogens is 1. The molecule has 1 heteroatoms. The van der Waals surface area contributed by atoms with Crippen molar-refractivity contribution in [3.63, 3.8) is 0 Å². The number of rotatable bonds is 2. The summed E-state index contributed by atoms with van der Waals surface area (Å²) in [6, 6.07) is 12.4. The molecule has 0 atom stereocenters. The topological polar surface area (TPSA) is 12.9 Å². The van der Waals surface area contributed by atoms with Gasteiger partial charge in [-0.05, 0) is 24.1 Å². The Labute approximate surface area is 90.1 Å². The van der Waals surface area contributed by atoms with E-state index in [-0.39, 0.29) is 0 Å². The molecule has 0 saturated carbocycles. The summed E-state index contributed by atoms with van der Waals surface area (Å²) < 4.78 is 0. The van der Waals surface area contributed by atoms with Crippen molar-refractivity contribution in [2.24, 2.45) is 0 Å². The molecule has 1 aromatic heterocycles. The van der Waals surface area contributed by atoms with Crippen LogP contribution in [0.25, 0.3) is 17.2 Å². The Bertz CT molecular complexity index is 452. The predicted molar refractivity (Wildman–Crippen MR) is 64.5 cm³/mol. The lowest BCUT2D eigenvalue weighted by Crippen LogP contribution is -1.82. The van der Waals surface area contributed by atoms with E-state index in [1.54, 1.807) is 0 Å². The normalized spacial score (nSPS) is 9.93. The monoisotopic (exact) mass is 195 g/mol. The van der Waals surface area contributed by atoms with Crippen LogP contribution in [-0.4, -0.2) is 4.98 Å². The molecule has 0 N–H and O–H groups in total. The quantitative estimate of drug-likeness (QED) is 0.712. The second-order valence-corrected chi connectivity index (χ2v) is 3.51. The predicted octanol–water partition coefficient (Wildman–Crippen LogP) is 3.70. The van der Waals surface area contributed by atoms with E-state index in [0.717, 1.165) is 16.8 Å². The Morgan fingerprint density at radius 3 is 2.20 bits per heavy atom. The molecule has 15 heavy (non-hydrogen) atoms. The first-order valence-corrected chi connectivity index (χ1v) is 4.95. The molecular weight excluding hydrogens is 182 g/mol. The second-order valence-electron chi connectivity index (χ2n) is 3.51. The maximum absolute atomic E-state index is 4.28. The highest BCUT2D eigenvalue weighted by Gasteiger charge is 1.96. The minimum absolute atomic E-state index is 1.04. The number of aryl methyl sites for hydroxylation is 1. The Balaban J connectivity index is 2.37. The summed E-state index contributed by atoms with van der Waals surface area (Å²) in [6.07, 6.45) is 3.75. The number of nitrogens with zero attached hydrogens (tertiary/aromatic N) is 1. The summed E-state index contributed by atoms with van der Waals surface area (Å²) in [4.78, 5) is 4.28. The molecule has 0 aliphatic rings. The smallest absolute Gasteiger partial charge is 0.0373 e. The fraction of sp³-hybridized carbons (Fsp3) is 0.0714. The van der Waals surface area contributed by atoms with E-state index in [4.69, 9.17) is 0 Å². The van der Waals surface area contributed by atoms with Gasteiger partial charge in [-0.3, -0.25) is 4.98 Å². The molecule has 0 bridgehead atoms. The second kappa shape index (κ2) is 4.09. The number of pyridine rings is 1. The number of hydrogen-bond acceptors (Lipinski definition) is 1. The molecule has 0 unspecified atom stereocenters. The highest BCUT2D eigenvalue weighted by atomic mass is 14.7. The van der Waals surface area contributed by atoms with Crippen molar-refractivity contribution in [3.8, 4) is 11.1 Å². The highest BCUT2D eigenvalue weighted by Crippen LogP contribution is 2.19. The van der Waals surface area contributed by atoms with Crippen molar-refractivity contribution < 1.29 is 0 Å². The van der Waals surface area contributed by atoms with Crippen LogP contribution in [0.2, 0.25) is 0 Å². The van der Waals surface area contributed by atoms with E-state index in [2.05, 4.69) is 41.9 Å². The molecule has 74 valence electrons. The Hall–Kier alpha value is -1.89. The van der Waals surface area contributed by atoms with Crippen molar-refractivity contribution >= 4 is 6.08 Å². The van der Waals surface area contributed by atoms with Crippen LogP contribution < -0.4 is 0 Å². The molecule has 0 amide bonds. The zero-order valence-electron chi connectivity index (χ0n) is 8.77. The lowest BCUT2D eigenvalue weighted by molar-refractivity contribution is 1.20. The first-order chi connectivity index (χ1) is 7.29. The molecule has 1 nitrogen and oxygen atoms in total. The summed E-state index contributed by atoms with van der Waals surface area (Å²) in [5.74, 6) is 0. The summed E-state index contributed by atoms with van der Waals surface area (Å²) in [5.41, 5.74) is 4.52. The van der Waals surface area contributed by atoms with Gasteiger partial charge in [0.1, 0.15) is 0 Å². The van der Waals surface area contributed by atoms with Crippen LogP contribution in [0.3, 0.4) is 0 Å². The third-order valence-electron chi connectivity index (χ3n) is 2.39. The highest BCUT2D eigenvalue weighted by molar-refractivity contribution is 5.64. The minimum atomic E-state index is 1.04. The maximum atomic E-state index is 4.28. The summed E-state index contributed by atoms with van der Waals surface area (Å²) in [7, 11) is 0. The molecule has 2 rings (SSSR count). The molecule has 0 fully saturated rings. The van der Waals surface area contributed by atoms with Crippen molar-refractivity contribution in [1.29, 1.82) is 0 Å². The van der Waals surface area contributed by atoms with E-state index in [1.165, 1.54) is 5.56 Å². The van der Waals surface area contributed by atoms with Gasteiger partial charge in [-0.15, -0.1) is 0 Å². The SMILES string of the molecule is C=Cc1ccc(-c2ccc(C)nc2)cc1. The third kappa shape index (κ3) is 2.13. The fourth-order valence-electron chi connectivity index (χ4n) is 1.45. The van der Waals surface area contributed by atoms with Gasteiger partial charge in [-0.25, -0.2) is 0 Å². The van der Waals surface area contributed by atoms with Crippen molar-refractivity contribution in [2.75, 3.05) is 0 Å². The van der Waals surface area contributed by atoms with Crippen LogP contribution in [0, 0.1) is 6.92 Å². The number of hydrogen-bond donors (Lipinski definition) is 0. The van der Waals surface area contributed by atoms with E-state index in [1.807, 2.05) is 25.3 Å². The van der Waals surface area contributed by atoms with Crippen LogP contribution in [0.5, 0.6) is 0 Å². The Kier molecular flexibility index (Phi) is 2.64. The van der Waals surface area contributed by atoms with E-state index in [9.17, 15) is 0 Å². The Morgan fingerprint density at radius 2 is 1.67 bits per heavy atom. The van der Waals surface area contributed by atoms with Crippen molar-refractivity contribution in [2.45, 2.75) is 6.92 Å². The maximum Gasteiger partial charge on any atom is 0.0373 e. The number of benzene rings is 1. The van der Waals surface area contributed by atoms with Crippen LogP contribution in [0.4, 0.5) is 0 Å². The first-order valence-electron chi connectivity index (χ1n) is 4.95. The third-order valence-corrected chi connectivity index (χ3v) is 2.39. The van der Waals surface area contributed by atoms with Crippen molar-refractivity contribution in [1.82, 2.24) is 4.98 Å². The van der Waals surface area contributed by atoms with Gasteiger partial charge in [0.05, 0.1) is 0 Å². The standard InChI is InChI=1S/C14H13N/c1-3-12-5-8-13(9-6-12)14-7-4-11(2)15-10-14/h3-10H,1H2,2H3. The van der Waals surface area contributed by atoms with Gasteiger partial charge in [0.2, 0.25) is 0 Å². The van der Waals surface area contributed by atoms with Gasteiger partial charge < -0.3 is 0 Å². The molecule has 0 radical (unpaired) electrons. The van der Waals surface area contributed by atoms with Crippen molar-refractivity contribution in [3.05, 3.63) is 60.4 Å². The zero-order chi connectivity index (χ0) is 10.7. The molecule has 1 aromatic carbocycles. The lowest BCUT2D eigenvalue weighted by Gasteiger charge is -2.02. The van der Waals surface area contributed by atoms with Crippen LogP contribution >= 0.6 is 0 Å². The average molecular weight is 195 g/mol. The van der Waals surface area contributed by atoms with E-state index in [0.29, 0.717) is 0 Å². The van der Waals surface area contributed by atoms with E-state index >= 15 is 0 Å².